The Labute approximate surface area is 150 Å². The number of aliphatic hydroxyl groups excluding tert-OH is 3. The smallest absolute Gasteiger partial charge is 0.341 e. The fourth-order valence-electron chi connectivity index (χ4n) is 2.71. The molecular formula is C14H19N3O10. The molecule has 1 fully saturated rings. The van der Waals surface area contributed by atoms with Crippen LogP contribution in [-0.2, 0) is 20.9 Å². The highest BCUT2D eigenvalue weighted by Gasteiger charge is 2.60. The Bertz CT molecular complexity index is 848. The molecule has 150 valence electrons. The zero-order valence-corrected chi connectivity index (χ0v) is 13.8. The van der Waals surface area contributed by atoms with Crippen LogP contribution in [0.25, 0.3) is 0 Å². The van der Waals surface area contributed by atoms with E-state index >= 15 is 0 Å². The minimum Gasteiger partial charge on any atom is -0.480 e. The lowest BCUT2D eigenvalue weighted by Gasteiger charge is -2.24. The molecule has 0 spiro atoms. The van der Waals surface area contributed by atoms with E-state index in [0.29, 0.717) is 9.13 Å². The number of carbonyl (C=O) groups is 2. The van der Waals surface area contributed by atoms with Crippen molar-refractivity contribution in [3.05, 3.63) is 33.1 Å². The summed E-state index contributed by atoms with van der Waals surface area (Å²) in [5, 5.41) is 47.4. The van der Waals surface area contributed by atoms with E-state index in [0.717, 1.165) is 12.3 Å². The zero-order valence-electron chi connectivity index (χ0n) is 13.8. The van der Waals surface area contributed by atoms with Gasteiger partial charge in [0.25, 0.3) is 5.56 Å². The maximum absolute atomic E-state index is 12.5. The van der Waals surface area contributed by atoms with Gasteiger partial charge in [0.1, 0.15) is 18.2 Å². The number of carboxylic acids is 2. The number of ether oxygens (including phenoxy) is 1. The molecule has 0 aliphatic carbocycles. The quantitative estimate of drug-likeness (QED) is 0.263. The predicted molar refractivity (Wildman–Crippen MR) is 84.8 cm³/mol. The summed E-state index contributed by atoms with van der Waals surface area (Å²) in [4.78, 5) is 46.6. The van der Waals surface area contributed by atoms with Gasteiger partial charge in [0.05, 0.1) is 6.61 Å². The van der Waals surface area contributed by atoms with Gasteiger partial charge in [-0.05, 0) is 6.42 Å². The molecule has 0 amide bonds. The molecule has 1 unspecified atom stereocenters. The van der Waals surface area contributed by atoms with Crippen LogP contribution in [0.1, 0.15) is 12.6 Å². The van der Waals surface area contributed by atoms with Crippen molar-refractivity contribution in [3.8, 4) is 0 Å². The van der Waals surface area contributed by atoms with E-state index in [2.05, 4.69) is 0 Å². The van der Waals surface area contributed by atoms with Crippen molar-refractivity contribution in [2.24, 2.45) is 5.73 Å². The van der Waals surface area contributed by atoms with Crippen molar-refractivity contribution in [2.45, 2.75) is 43.0 Å². The van der Waals surface area contributed by atoms with Gasteiger partial charge >= 0.3 is 17.6 Å². The first kappa shape index (κ1) is 20.7. The average Bonchev–Trinajstić information content (AvgIpc) is 2.87. The molecule has 0 aromatic carbocycles. The highest BCUT2D eigenvalue weighted by molar-refractivity contribution is 5.79. The molecule has 5 atom stereocenters. The monoisotopic (exact) mass is 389 g/mol. The van der Waals surface area contributed by atoms with E-state index in [-0.39, 0.29) is 13.0 Å². The van der Waals surface area contributed by atoms with Gasteiger partial charge in [-0.3, -0.25) is 18.7 Å². The fraction of sp³-hybridized carbons (Fsp3) is 0.571. The number of aliphatic hydroxyl groups is 3. The molecular weight excluding hydrogens is 370 g/mol. The molecule has 13 nitrogen and oxygen atoms in total. The average molecular weight is 389 g/mol. The summed E-state index contributed by atoms with van der Waals surface area (Å²) in [6, 6.07) is -0.412. The Morgan fingerprint density at radius 3 is 2.41 bits per heavy atom. The second kappa shape index (κ2) is 7.58. The Balaban J connectivity index is 2.41. The lowest BCUT2D eigenvalue weighted by molar-refractivity contribution is -0.184. The normalized spacial score (nSPS) is 28.8. The molecule has 1 saturated heterocycles. The largest absolute Gasteiger partial charge is 0.480 e. The van der Waals surface area contributed by atoms with E-state index in [1.807, 2.05) is 0 Å². The highest BCUT2D eigenvalue weighted by atomic mass is 16.6. The van der Waals surface area contributed by atoms with Crippen molar-refractivity contribution in [1.82, 2.24) is 9.13 Å². The summed E-state index contributed by atoms with van der Waals surface area (Å²) in [5.74, 6) is -3.08. The number of nitrogens with zero attached hydrogens (tertiary/aromatic N) is 2. The maximum Gasteiger partial charge on any atom is 0.341 e. The van der Waals surface area contributed by atoms with E-state index in [1.54, 1.807) is 0 Å². The maximum atomic E-state index is 12.5. The highest BCUT2D eigenvalue weighted by Crippen LogP contribution is 2.36. The van der Waals surface area contributed by atoms with Crippen molar-refractivity contribution in [2.75, 3.05) is 6.61 Å². The second-order valence-electron chi connectivity index (χ2n) is 6.03. The molecule has 2 rings (SSSR count). The van der Waals surface area contributed by atoms with Crippen molar-refractivity contribution in [1.29, 1.82) is 0 Å². The Morgan fingerprint density at radius 2 is 1.93 bits per heavy atom. The third-order valence-electron chi connectivity index (χ3n) is 4.37. The van der Waals surface area contributed by atoms with Gasteiger partial charge in [-0.25, -0.2) is 9.59 Å². The molecule has 0 bridgehead atoms. The third-order valence-corrected chi connectivity index (χ3v) is 4.37. The van der Waals surface area contributed by atoms with E-state index in [9.17, 15) is 39.6 Å². The third kappa shape index (κ3) is 3.50. The lowest BCUT2D eigenvalue weighted by Crippen LogP contribution is -2.52. The van der Waals surface area contributed by atoms with Gasteiger partial charge < -0.3 is 36.0 Å². The number of hydrogen-bond donors (Lipinski definition) is 6. The van der Waals surface area contributed by atoms with E-state index in [1.165, 1.54) is 0 Å². The fourth-order valence-corrected chi connectivity index (χ4v) is 2.71. The topological polar surface area (TPSA) is 215 Å². The van der Waals surface area contributed by atoms with Gasteiger partial charge in [0.2, 0.25) is 5.60 Å². The van der Waals surface area contributed by atoms with Crippen LogP contribution < -0.4 is 17.0 Å². The lowest BCUT2D eigenvalue weighted by atomic mass is 9.96. The number of carboxylic acid groups (broad SMARTS) is 2. The number of hydrogen-bond acceptors (Lipinski definition) is 9. The first-order valence-electron chi connectivity index (χ1n) is 7.75. The number of nitrogens with two attached hydrogens (primary N) is 1. The molecule has 0 saturated carbocycles. The number of aromatic nitrogens is 2. The standard InChI is InChI=1S/C14H19N3O10/c15-6(11(22)23)1-3-16-7(19)2-4-17(13(16)26)10-8(20)9(21)14(5-18,27-10)12(24)25/h2,4,6,8-10,18,20-21H,1,3,5,15H2,(H,22,23)(H,24,25)/t6?,8-,9+,10-,14-/m1/s1. The Kier molecular flexibility index (Phi) is 5.82. The molecule has 2 heterocycles. The molecule has 1 aliphatic rings. The summed E-state index contributed by atoms with van der Waals surface area (Å²) >= 11 is 0. The second-order valence-corrected chi connectivity index (χ2v) is 6.03. The zero-order chi connectivity index (χ0) is 20.5. The molecule has 27 heavy (non-hydrogen) atoms. The van der Waals surface area contributed by atoms with Crippen molar-refractivity contribution < 1.29 is 39.9 Å². The van der Waals surface area contributed by atoms with Crippen LogP contribution in [0.2, 0.25) is 0 Å². The van der Waals surface area contributed by atoms with Crippen LogP contribution in [0.4, 0.5) is 0 Å². The van der Waals surface area contributed by atoms with Crippen LogP contribution >= 0.6 is 0 Å². The molecule has 1 aromatic rings. The number of aliphatic carboxylic acids is 2. The van der Waals surface area contributed by atoms with Gasteiger partial charge in [-0.2, -0.15) is 0 Å². The summed E-state index contributed by atoms with van der Waals surface area (Å²) in [5.41, 5.74) is 0.948. The first-order valence-corrected chi connectivity index (χ1v) is 7.75. The Hall–Kier alpha value is -2.58. The van der Waals surface area contributed by atoms with Gasteiger partial charge in [0.15, 0.2) is 6.23 Å². The van der Waals surface area contributed by atoms with Crippen LogP contribution in [0.15, 0.2) is 21.9 Å². The summed E-state index contributed by atoms with van der Waals surface area (Å²) < 4.78 is 6.39. The van der Waals surface area contributed by atoms with Crippen LogP contribution in [0.3, 0.4) is 0 Å². The van der Waals surface area contributed by atoms with Gasteiger partial charge in [-0.1, -0.05) is 0 Å². The van der Waals surface area contributed by atoms with Crippen LogP contribution in [0, 0.1) is 0 Å². The number of rotatable bonds is 7. The van der Waals surface area contributed by atoms with Crippen LogP contribution in [-0.4, -0.2) is 77.1 Å². The summed E-state index contributed by atoms with van der Waals surface area (Å²) in [6.45, 7) is -1.54. The van der Waals surface area contributed by atoms with Crippen molar-refractivity contribution >= 4 is 11.9 Å². The first-order chi connectivity index (χ1) is 12.6. The SMILES string of the molecule is NC(CCn1c(=O)ccn([C@@H]2O[C@@](CO)(C(=O)O)[C@@H](O)[C@H]2O)c1=O)C(=O)O. The summed E-state index contributed by atoms with van der Waals surface area (Å²) in [7, 11) is 0. The van der Waals surface area contributed by atoms with E-state index < -0.39 is 59.9 Å². The minimum absolute atomic E-state index is 0.249. The Morgan fingerprint density at radius 1 is 1.30 bits per heavy atom. The van der Waals surface area contributed by atoms with E-state index in [4.69, 9.17) is 15.6 Å². The molecule has 0 radical (unpaired) electrons. The predicted octanol–water partition coefficient (Wildman–Crippen LogP) is -4.12. The van der Waals surface area contributed by atoms with Gasteiger partial charge in [0, 0.05) is 18.8 Å². The van der Waals surface area contributed by atoms with Crippen molar-refractivity contribution in [3.63, 3.8) is 0 Å². The molecule has 7 N–H and O–H groups in total. The molecule has 1 aliphatic heterocycles. The minimum atomic E-state index is -2.56. The summed E-state index contributed by atoms with van der Waals surface area (Å²) in [6.07, 6.45) is -5.00. The molecule has 1 aromatic heterocycles. The van der Waals surface area contributed by atoms with Gasteiger partial charge in [-0.15, -0.1) is 0 Å². The molecule has 13 heteroatoms. The van der Waals surface area contributed by atoms with Crippen LogP contribution in [0.5, 0.6) is 0 Å².